The second kappa shape index (κ2) is 9.88. The zero-order chi connectivity index (χ0) is 26.9. The maximum absolute atomic E-state index is 13.2. The highest BCUT2D eigenvalue weighted by molar-refractivity contribution is 6.04. The number of anilines is 2. The average molecular weight is 505 g/mol. The molecule has 37 heavy (non-hydrogen) atoms. The molecule has 10 heteroatoms. The highest BCUT2D eigenvalue weighted by atomic mass is 16.5. The summed E-state index contributed by atoms with van der Waals surface area (Å²) in [5.74, 6) is 0.600. The van der Waals surface area contributed by atoms with E-state index in [1.54, 1.807) is 31.2 Å². The van der Waals surface area contributed by atoms with Crippen LogP contribution in [0.3, 0.4) is 0 Å². The predicted molar refractivity (Wildman–Crippen MR) is 136 cm³/mol. The molecule has 1 amide bonds. The van der Waals surface area contributed by atoms with Crippen molar-refractivity contribution in [3.8, 4) is 17.2 Å². The van der Waals surface area contributed by atoms with Crippen molar-refractivity contribution in [3.63, 3.8) is 0 Å². The molecule has 1 aromatic heterocycles. The maximum atomic E-state index is 13.2. The third-order valence-corrected chi connectivity index (χ3v) is 6.18. The highest BCUT2D eigenvalue weighted by Crippen LogP contribution is 2.44. The molecule has 0 fully saturated rings. The molecule has 3 aromatic rings. The summed E-state index contributed by atoms with van der Waals surface area (Å²) in [5.41, 5.74) is 7.89. The number of nitrogens with one attached hydrogen (secondary N) is 1. The molecule has 2 heterocycles. The second-order valence-electron chi connectivity index (χ2n) is 9.25. The number of hydrogen-bond donors (Lipinski definition) is 2. The Bertz CT molecular complexity index is 1390. The van der Waals surface area contributed by atoms with Gasteiger partial charge < -0.3 is 25.3 Å². The van der Waals surface area contributed by atoms with Gasteiger partial charge in [0.2, 0.25) is 5.95 Å². The van der Waals surface area contributed by atoms with Gasteiger partial charge in [-0.25, -0.2) is 9.97 Å². The summed E-state index contributed by atoms with van der Waals surface area (Å²) in [7, 11) is 0. The predicted octanol–water partition coefficient (Wildman–Crippen LogP) is 3.96. The molecule has 0 spiro atoms. The van der Waals surface area contributed by atoms with Gasteiger partial charge >= 0.3 is 5.97 Å². The molecular formula is C27H28N4O6. The molecule has 2 aromatic carbocycles. The first-order valence-electron chi connectivity index (χ1n) is 11.6. The van der Waals surface area contributed by atoms with E-state index < -0.39 is 11.6 Å². The number of nitrogen functional groups attached to an aromatic ring is 1. The van der Waals surface area contributed by atoms with Crippen LogP contribution in [-0.4, -0.2) is 39.8 Å². The van der Waals surface area contributed by atoms with Gasteiger partial charge in [-0.1, -0.05) is 0 Å². The summed E-state index contributed by atoms with van der Waals surface area (Å²) in [4.78, 5) is 44.7. The number of ketones is 1. The van der Waals surface area contributed by atoms with Crippen molar-refractivity contribution in [1.29, 1.82) is 0 Å². The summed E-state index contributed by atoms with van der Waals surface area (Å²) < 4.78 is 17.7. The molecule has 0 bridgehead atoms. The number of Topliss-reactive ketones (excluding diaryl/α,β-unsaturated/α-hetero) is 1. The monoisotopic (exact) mass is 504 g/mol. The number of esters is 1. The lowest BCUT2D eigenvalue weighted by Crippen LogP contribution is -2.45. The number of benzene rings is 2. The fourth-order valence-corrected chi connectivity index (χ4v) is 4.17. The third kappa shape index (κ3) is 5.37. The number of ether oxygens (including phenoxy) is 3. The fourth-order valence-electron chi connectivity index (χ4n) is 4.17. The van der Waals surface area contributed by atoms with E-state index in [1.807, 2.05) is 20.8 Å². The van der Waals surface area contributed by atoms with Crippen LogP contribution in [0.15, 0.2) is 36.7 Å². The highest BCUT2D eigenvalue weighted by Gasteiger charge is 2.40. The van der Waals surface area contributed by atoms with Gasteiger partial charge in [-0.05, 0) is 63.1 Å². The van der Waals surface area contributed by atoms with E-state index in [0.29, 0.717) is 34.1 Å². The Balaban J connectivity index is 1.45. The van der Waals surface area contributed by atoms with Gasteiger partial charge in [-0.15, -0.1) is 0 Å². The van der Waals surface area contributed by atoms with E-state index in [9.17, 15) is 14.4 Å². The number of fused-ring (bicyclic) bond motifs is 1. The standard InChI is InChI=1S/C27H28N4O6/c1-14-15(2)24-22(16(3)23(14)36-17(4)32)21(33)10-27(5,37-24)13-35-20-8-6-19(7-9-20)31-25(34)18-11-29-26(28)30-12-18/h6-9,11-12H,10,13H2,1-5H3,(H,31,34)(H2,28,29,30). The smallest absolute Gasteiger partial charge is 0.308 e. The first kappa shape index (κ1) is 25.6. The average Bonchev–Trinajstić information content (AvgIpc) is 2.85. The summed E-state index contributed by atoms with van der Waals surface area (Å²) in [6.45, 7) is 8.69. The van der Waals surface area contributed by atoms with Gasteiger partial charge in [-0.2, -0.15) is 0 Å². The largest absolute Gasteiger partial charge is 0.489 e. The number of carbonyl (C=O) groups excluding carboxylic acids is 3. The molecule has 3 N–H and O–H groups in total. The molecule has 192 valence electrons. The van der Waals surface area contributed by atoms with Crippen molar-refractivity contribution in [2.75, 3.05) is 17.7 Å². The van der Waals surface area contributed by atoms with Crippen LogP contribution in [0.2, 0.25) is 0 Å². The number of nitrogens with two attached hydrogens (primary N) is 1. The number of rotatable bonds is 6. The van der Waals surface area contributed by atoms with Crippen molar-refractivity contribution in [1.82, 2.24) is 9.97 Å². The molecule has 4 rings (SSSR count). The normalized spacial score (nSPS) is 16.4. The zero-order valence-corrected chi connectivity index (χ0v) is 21.3. The van der Waals surface area contributed by atoms with Crippen LogP contribution in [0.1, 0.15) is 57.7 Å². The van der Waals surface area contributed by atoms with Gasteiger partial charge in [0.15, 0.2) is 5.78 Å². The first-order chi connectivity index (χ1) is 17.5. The lowest BCUT2D eigenvalue weighted by Gasteiger charge is -2.36. The van der Waals surface area contributed by atoms with Gasteiger partial charge in [0.1, 0.15) is 29.5 Å². The Labute approximate surface area is 214 Å². The van der Waals surface area contributed by atoms with Crippen molar-refractivity contribution in [2.24, 2.45) is 0 Å². The van der Waals surface area contributed by atoms with Crippen LogP contribution in [0, 0.1) is 20.8 Å². The molecular weight excluding hydrogens is 476 g/mol. The minimum atomic E-state index is -0.904. The molecule has 1 aliphatic heterocycles. The van der Waals surface area contributed by atoms with E-state index in [0.717, 1.165) is 11.1 Å². The van der Waals surface area contributed by atoms with E-state index in [-0.39, 0.29) is 36.2 Å². The molecule has 1 aliphatic rings. The Kier molecular flexibility index (Phi) is 6.84. The summed E-state index contributed by atoms with van der Waals surface area (Å²) in [6.07, 6.45) is 2.79. The fraction of sp³-hybridized carbons (Fsp3) is 0.296. The second-order valence-corrected chi connectivity index (χ2v) is 9.25. The third-order valence-electron chi connectivity index (χ3n) is 6.18. The minimum Gasteiger partial charge on any atom is -0.489 e. The summed E-state index contributed by atoms with van der Waals surface area (Å²) >= 11 is 0. The summed E-state index contributed by atoms with van der Waals surface area (Å²) in [5, 5.41) is 2.75. The van der Waals surface area contributed by atoms with Crippen molar-refractivity contribution in [3.05, 3.63) is 64.5 Å². The number of carbonyl (C=O) groups is 3. The van der Waals surface area contributed by atoms with Gasteiger partial charge in [0.25, 0.3) is 5.91 Å². The lowest BCUT2D eigenvalue weighted by atomic mass is 9.86. The Morgan fingerprint density at radius 2 is 1.73 bits per heavy atom. The molecule has 0 saturated heterocycles. The van der Waals surface area contributed by atoms with Crippen LogP contribution in [0.25, 0.3) is 0 Å². The zero-order valence-electron chi connectivity index (χ0n) is 21.3. The van der Waals surface area contributed by atoms with Crippen LogP contribution < -0.4 is 25.3 Å². The lowest BCUT2D eigenvalue weighted by molar-refractivity contribution is -0.132. The van der Waals surface area contributed by atoms with E-state index in [1.165, 1.54) is 19.3 Å². The minimum absolute atomic E-state index is 0.0889. The number of nitrogens with zero attached hydrogens (tertiary/aromatic N) is 2. The van der Waals surface area contributed by atoms with Crippen molar-refractivity contribution < 1.29 is 28.6 Å². The SMILES string of the molecule is CC(=O)Oc1c(C)c(C)c2c(c1C)C(=O)CC(C)(COc1ccc(NC(=O)c3cnc(N)nc3)cc1)O2. The van der Waals surface area contributed by atoms with E-state index in [2.05, 4.69) is 15.3 Å². The number of amides is 1. The van der Waals surface area contributed by atoms with Crippen LogP contribution in [0.4, 0.5) is 11.6 Å². The van der Waals surface area contributed by atoms with Crippen LogP contribution in [0.5, 0.6) is 17.2 Å². The van der Waals surface area contributed by atoms with Crippen LogP contribution in [-0.2, 0) is 4.79 Å². The quantitative estimate of drug-likeness (QED) is 0.376. The first-order valence-corrected chi connectivity index (χ1v) is 11.6. The topological polar surface area (TPSA) is 143 Å². The maximum Gasteiger partial charge on any atom is 0.308 e. The number of aromatic nitrogens is 2. The number of hydrogen-bond acceptors (Lipinski definition) is 9. The Hall–Kier alpha value is -4.47. The molecule has 0 aliphatic carbocycles. The van der Waals surface area contributed by atoms with Gasteiger partial charge in [0.05, 0.1) is 17.5 Å². The molecule has 10 nitrogen and oxygen atoms in total. The van der Waals surface area contributed by atoms with Crippen molar-refractivity contribution >= 4 is 29.3 Å². The van der Waals surface area contributed by atoms with Crippen LogP contribution >= 0.6 is 0 Å². The van der Waals surface area contributed by atoms with E-state index in [4.69, 9.17) is 19.9 Å². The molecule has 0 saturated carbocycles. The summed E-state index contributed by atoms with van der Waals surface area (Å²) in [6, 6.07) is 6.82. The van der Waals surface area contributed by atoms with Gasteiger partial charge in [-0.3, -0.25) is 14.4 Å². The molecule has 1 atom stereocenters. The van der Waals surface area contributed by atoms with Crippen molar-refractivity contribution in [2.45, 2.75) is 46.6 Å². The van der Waals surface area contributed by atoms with E-state index >= 15 is 0 Å². The Morgan fingerprint density at radius 1 is 1.08 bits per heavy atom. The van der Waals surface area contributed by atoms with Gasteiger partial charge in [0, 0.05) is 30.6 Å². The Morgan fingerprint density at radius 3 is 2.35 bits per heavy atom. The molecule has 1 unspecified atom stereocenters. The molecule has 0 radical (unpaired) electrons.